The molecule has 0 fully saturated rings. The van der Waals surface area contributed by atoms with Crippen molar-refractivity contribution in [2.24, 2.45) is 0 Å². The van der Waals surface area contributed by atoms with Crippen LogP contribution < -0.4 is 0 Å². The molecule has 0 aromatic heterocycles. The summed E-state index contributed by atoms with van der Waals surface area (Å²) in [6.45, 7) is 6.47. The minimum Gasteiger partial charge on any atom is -0.469 e. The Morgan fingerprint density at radius 3 is 2.53 bits per heavy atom. The van der Waals surface area contributed by atoms with Gasteiger partial charge in [0, 0.05) is 20.2 Å². The number of aliphatic hydroxyl groups is 1. The molecule has 0 bridgehead atoms. The maximum absolute atomic E-state index is 11.1. The largest absolute Gasteiger partial charge is 0.469 e. The second kappa shape index (κ2) is 11.2. The SMILES string of the molecule is CCN(CCC(=O)OC)CC(O)COC(C)COC. The van der Waals surface area contributed by atoms with Crippen molar-refractivity contribution in [1.29, 1.82) is 0 Å². The fraction of sp³-hybridized carbons (Fsp3) is 0.923. The number of aliphatic hydroxyl groups excluding tert-OH is 1. The number of likely N-dealkylation sites (N-methyl/N-ethyl adjacent to an activating group) is 1. The molecule has 0 rings (SSSR count). The van der Waals surface area contributed by atoms with Crippen LogP contribution in [0, 0.1) is 0 Å². The van der Waals surface area contributed by atoms with E-state index >= 15 is 0 Å². The van der Waals surface area contributed by atoms with E-state index < -0.39 is 6.10 Å². The Morgan fingerprint density at radius 1 is 1.32 bits per heavy atom. The van der Waals surface area contributed by atoms with Gasteiger partial charge in [0.05, 0.1) is 39.0 Å². The fourth-order valence-corrected chi connectivity index (χ4v) is 1.64. The summed E-state index contributed by atoms with van der Waals surface area (Å²) >= 11 is 0. The van der Waals surface area contributed by atoms with Gasteiger partial charge in [0.25, 0.3) is 0 Å². The van der Waals surface area contributed by atoms with Crippen LogP contribution in [0.1, 0.15) is 20.3 Å². The summed E-state index contributed by atoms with van der Waals surface area (Å²) in [5, 5.41) is 9.87. The average Bonchev–Trinajstić information content (AvgIpc) is 2.40. The molecule has 1 N–H and O–H groups in total. The molecular formula is C13H27NO5. The molecule has 6 nitrogen and oxygen atoms in total. The number of rotatable bonds is 11. The van der Waals surface area contributed by atoms with Gasteiger partial charge in [-0.3, -0.25) is 4.79 Å². The lowest BCUT2D eigenvalue weighted by Gasteiger charge is -2.24. The molecule has 0 heterocycles. The zero-order chi connectivity index (χ0) is 14.7. The van der Waals surface area contributed by atoms with Gasteiger partial charge >= 0.3 is 5.97 Å². The highest BCUT2D eigenvalue weighted by Gasteiger charge is 2.13. The van der Waals surface area contributed by atoms with E-state index in [-0.39, 0.29) is 18.7 Å². The molecule has 114 valence electrons. The summed E-state index contributed by atoms with van der Waals surface area (Å²) in [6.07, 6.45) is -0.278. The smallest absolute Gasteiger partial charge is 0.306 e. The lowest BCUT2D eigenvalue weighted by atomic mass is 10.3. The van der Waals surface area contributed by atoms with Gasteiger partial charge in [-0.15, -0.1) is 0 Å². The van der Waals surface area contributed by atoms with Gasteiger partial charge in [-0.1, -0.05) is 6.92 Å². The Labute approximate surface area is 115 Å². The van der Waals surface area contributed by atoms with Crippen LogP contribution in [-0.2, 0) is 19.0 Å². The summed E-state index contributed by atoms with van der Waals surface area (Å²) in [7, 11) is 2.99. The Morgan fingerprint density at radius 2 is 2.00 bits per heavy atom. The van der Waals surface area contributed by atoms with Crippen molar-refractivity contribution in [1.82, 2.24) is 4.90 Å². The van der Waals surface area contributed by atoms with Gasteiger partial charge < -0.3 is 24.2 Å². The third kappa shape index (κ3) is 9.84. The maximum atomic E-state index is 11.1. The Balaban J connectivity index is 3.85. The number of hydrogen-bond donors (Lipinski definition) is 1. The maximum Gasteiger partial charge on any atom is 0.306 e. The van der Waals surface area contributed by atoms with Gasteiger partial charge in [0.2, 0.25) is 0 Å². The Hall–Kier alpha value is -0.690. The second-order valence-electron chi connectivity index (χ2n) is 4.47. The van der Waals surface area contributed by atoms with Crippen LogP contribution in [0.3, 0.4) is 0 Å². The number of methoxy groups -OCH3 is 2. The minimum absolute atomic E-state index is 0.0372. The van der Waals surface area contributed by atoms with Gasteiger partial charge in [0.15, 0.2) is 0 Å². The number of carbonyl (C=O) groups is 1. The van der Waals surface area contributed by atoms with E-state index in [0.29, 0.717) is 26.1 Å². The van der Waals surface area contributed by atoms with E-state index in [1.54, 1.807) is 7.11 Å². The van der Waals surface area contributed by atoms with Crippen LogP contribution in [0.15, 0.2) is 0 Å². The molecule has 0 aromatic rings. The normalized spacial score (nSPS) is 14.4. The first-order chi connectivity index (χ1) is 9.03. The molecule has 0 aliphatic carbocycles. The minimum atomic E-state index is -0.572. The summed E-state index contributed by atoms with van der Waals surface area (Å²) in [5.41, 5.74) is 0. The summed E-state index contributed by atoms with van der Waals surface area (Å²) in [5.74, 6) is -0.238. The molecule has 0 aliphatic heterocycles. The molecule has 2 atom stereocenters. The van der Waals surface area contributed by atoms with Crippen molar-refractivity contribution in [2.45, 2.75) is 32.5 Å². The zero-order valence-electron chi connectivity index (χ0n) is 12.4. The molecule has 6 heteroatoms. The van der Waals surface area contributed by atoms with E-state index in [0.717, 1.165) is 6.54 Å². The summed E-state index contributed by atoms with van der Waals surface area (Å²) in [6, 6.07) is 0. The quantitative estimate of drug-likeness (QED) is 0.547. The standard InChI is InChI=1S/C13H27NO5/c1-5-14(7-6-13(16)18-4)8-12(15)10-19-11(2)9-17-3/h11-12,15H,5-10H2,1-4H3. The molecule has 19 heavy (non-hydrogen) atoms. The highest BCUT2D eigenvalue weighted by Crippen LogP contribution is 1.99. The molecule has 0 aromatic carbocycles. The predicted molar refractivity (Wildman–Crippen MR) is 72.0 cm³/mol. The third-order valence-corrected chi connectivity index (χ3v) is 2.75. The Bertz CT molecular complexity index is 237. The summed E-state index contributed by atoms with van der Waals surface area (Å²) in [4.78, 5) is 13.0. The third-order valence-electron chi connectivity index (χ3n) is 2.75. The monoisotopic (exact) mass is 277 g/mol. The van der Waals surface area contributed by atoms with Crippen molar-refractivity contribution >= 4 is 5.97 Å². The Kier molecular flexibility index (Phi) is 10.8. The van der Waals surface area contributed by atoms with E-state index in [1.807, 2.05) is 18.7 Å². The topological polar surface area (TPSA) is 68.2 Å². The van der Waals surface area contributed by atoms with Crippen LogP contribution in [-0.4, -0.2) is 75.3 Å². The van der Waals surface area contributed by atoms with Crippen LogP contribution in [0.25, 0.3) is 0 Å². The van der Waals surface area contributed by atoms with Gasteiger partial charge in [-0.05, 0) is 13.5 Å². The lowest BCUT2D eigenvalue weighted by molar-refractivity contribution is -0.141. The number of hydrogen-bond acceptors (Lipinski definition) is 6. The molecule has 0 amide bonds. The van der Waals surface area contributed by atoms with Gasteiger partial charge in [-0.25, -0.2) is 0 Å². The van der Waals surface area contributed by atoms with Crippen molar-refractivity contribution in [3.63, 3.8) is 0 Å². The average molecular weight is 277 g/mol. The highest BCUT2D eigenvalue weighted by molar-refractivity contribution is 5.69. The highest BCUT2D eigenvalue weighted by atomic mass is 16.5. The first-order valence-corrected chi connectivity index (χ1v) is 6.61. The molecule has 0 saturated heterocycles. The molecule has 2 unspecified atom stereocenters. The van der Waals surface area contributed by atoms with E-state index in [4.69, 9.17) is 9.47 Å². The van der Waals surface area contributed by atoms with Gasteiger partial charge in [0.1, 0.15) is 0 Å². The first-order valence-electron chi connectivity index (χ1n) is 6.61. The molecule has 0 radical (unpaired) electrons. The number of esters is 1. The van der Waals surface area contributed by atoms with Crippen molar-refractivity contribution < 1.29 is 24.1 Å². The van der Waals surface area contributed by atoms with Crippen LogP contribution in [0.2, 0.25) is 0 Å². The van der Waals surface area contributed by atoms with E-state index in [9.17, 15) is 9.90 Å². The first kappa shape index (κ1) is 18.3. The van der Waals surface area contributed by atoms with Crippen LogP contribution >= 0.6 is 0 Å². The van der Waals surface area contributed by atoms with Gasteiger partial charge in [-0.2, -0.15) is 0 Å². The lowest BCUT2D eigenvalue weighted by Crippen LogP contribution is -2.37. The molecule has 0 aliphatic rings. The predicted octanol–water partition coefficient (Wildman–Crippen LogP) is 0.284. The molecule has 0 saturated carbocycles. The zero-order valence-corrected chi connectivity index (χ0v) is 12.4. The fourth-order valence-electron chi connectivity index (χ4n) is 1.64. The summed E-state index contributed by atoms with van der Waals surface area (Å²) < 4.78 is 15.0. The molecule has 0 spiro atoms. The van der Waals surface area contributed by atoms with Crippen molar-refractivity contribution in [2.75, 3.05) is 47.1 Å². The van der Waals surface area contributed by atoms with Crippen LogP contribution in [0.5, 0.6) is 0 Å². The number of ether oxygens (including phenoxy) is 3. The number of nitrogens with zero attached hydrogens (tertiary/aromatic N) is 1. The van der Waals surface area contributed by atoms with Crippen molar-refractivity contribution in [3.8, 4) is 0 Å². The van der Waals surface area contributed by atoms with E-state index in [2.05, 4.69) is 4.74 Å². The van der Waals surface area contributed by atoms with Crippen molar-refractivity contribution in [3.05, 3.63) is 0 Å². The molecular weight excluding hydrogens is 250 g/mol. The number of carbonyl (C=O) groups excluding carboxylic acids is 1. The van der Waals surface area contributed by atoms with Crippen LogP contribution in [0.4, 0.5) is 0 Å². The van der Waals surface area contributed by atoms with E-state index in [1.165, 1.54) is 7.11 Å². The second-order valence-corrected chi connectivity index (χ2v) is 4.47.